The van der Waals surface area contributed by atoms with Crippen molar-refractivity contribution >= 4 is 5.82 Å². The molecule has 5 nitrogen and oxygen atoms in total. The van der Waals surface area contributed by atoms with Gasteiger partial charge in [-0.1, -0.05) is 12.1 Å². The number of benzene rings is 1. The molecular formula is C20H23F3N4O. The van der Waals surface area contributed by atoms with E-state index in [2.05, 4.69) is 15.3 Å². The highest BCUT2D eigenvalue weighted by Crippen LogP contribution is 2.38. The van der Waals surface area contributed by atoms with Crippen molar-refractivity contribution in [1.82, 2.24) is 15.3 Å². The molecule has 2 aliphatic heterocycles. The SMILES string of the molecule is Nc1ncc(-c2ccc(C3CCOCC3)c([C@@H]3CCCN3)c2)nc1C(F)(F)F. The Morgan fingerprint density at radius 2 is 1.89 bits per heavy atom. The topological polar surface area (TPSA) is 73.1 Å². The number of aromatic nitrogens is 2. The van der Waals surface area contributed by atoms with Crippen LogP contribution in [0.5, 0.6) is 0 Å². The average Bonchev–Trinajstić information content (AvgIpc) is 3.22. The average molecular weight is 392 g/mol. The number of hydrogen-bond acceptors (Lipinski definition) is 5. The van der Waals surface area contributed by atoms with E-state index >= 15 is 0 Å². The molecule has 2 saturated heterocycles. The maximum absolute atomic E-state index is 13.2. The van der Waals surface area contributed by atoms with Crippen LogP contribution in [0, 0.1) is 0 Å². The Morgan fingerprint density at radius 3 is 2.57 bits per heavy atom. The number of hydrogen-bond donors (Lipinski definition) is 2. The van der Waals surface area contributed by atoms with Crippen LogP contribution in [0.2, 0.25) is 0 Å². The smallest absolute Gasteiger partial charge is 0.382 e. The van der Waals surface area contributed by atoms with Gasteiger partial charge in [-0.15, -0.1) is 0 Å². The summed E-state index contributed by atoms with van der Waals surface area (Å²) in [5, 5.41) is 3.51. The number of nitrogen functional groups attached to an aromatic ring is 1. The molecule has 8 heteroatoms. The summed E-state index contributed by atoms with van der Waals surface area (Å²) in [6.45, 7) is 2.42. The zero-order chi connectivity index (χ0) is 19.7. The van der Waals surface area contributed by atoms with Gasteiger partial charge < -0.3 is 15.8 Å². The first-order chi connectivity index (χ1) is 13.4. The molecule has 0 saturated carbocycles. The minimum Gasteiger partial charge on any atom is -0.382 e. The van der Waals surface area contributed by atoms with Gasteiger partial charge in [0.1, 0.15) is 0 Å². The first kappa shape index (κ1) is 19.1. The number of nitrogens with zero attached hydrogens (tertiary/aromatic N) is 2. The van der Waals surface area contributed by atoms with Crippen LogP contribution in [-0.4, -0.2) is 29.7 Å². The van der Waals surface area contributed by atoms with E-state index in [9.17, 15) is 13.2 Å². The molecule has 0 spiro atoms. The summed E-state index contributed by atoms with van der Waals surface area (Å²) in [5.41, 5.74) is 7.45. The van der Waals surface area contributed by atoms with Crippen LogP contribution in [0.3, 0.4) is 0 Å². The number of nitrogens with one attached hydrogen (secondary N) is 1. The summed E-state index contributed by atoms with van der Waals surface area (Å²) in [4.78, 5) is 7.50. The Kier molecular flexibility index (Phi) is 5.25. The zero-order valence-corrected chi connectivity index (χ0v) is 15.4. The van der Waals surface area contributed by atoms with Crippen molar-refractivity contribution in [3.63, 3.8) is 0 Å². The van der Waals surface area contributed by atoms with Gasteiger partial charge in [-0.3, -0.25) is 0 Å². The molecule has 2 aromatic rings. The van der Waals surface area contributed by atoms with Crippen molar-refractivity contribution in [1.29, 1.82) is 0 Å². The van der Waals surface area contributed by atoms with Gasteiger partial charge in [0.05, 0.1) is 11.9 Å². The Bertz CT molecular complexity index is 844. The maximum atomic E-state index is 13.2. The molecule has 0 radical (unpaired) electrons. The minimum atomic E-state index is -4.63. The first-order valence-corrected chi connectivity index (χ1v) is 9.58. The second-order valence-corrected chi connectivity index (χ2v) is 7.37. The van der Waals surface area contributed by atoms with E-state index in [4.69, 9.17) is 10.5 Å². The molecule has 0 amide bonds. The molecule has 1 aromatic heterocycles. The van der Waals surface area contributed by atoms with Gasteiger partial charge in [0.25, 0.3) is 0 Å². The summed E-state index contributed by atoms with van der Waals surface area (Å²) in [5.74, 6) is -0.198. The number of ether oxygens (including phenoxy) is 1. The Balaban J connectivity index is 1.75. The Morgan fingerprint density at radius 1 is 1.11 bits per heavy atom. The maximum Gasteiger partial charge on any atom is 0.437 e. The predicted molar refractivity (Wildman–Crippen MR) is 99.7 cm³/mol. The van der Waals surface area contributed by atoms with E-state index in [-0.39, 0.29) is 11.7 Å². The molecule has 150 valence electrons. The molecule has 3 N–H and O–H groups in total. The van der Waals surface area contributed by atoms with Crippen molar-refractivity contribution in [3.8, 4) is 11.3 Å². The van der Waals surface area contributed by atoms with Gasteiger partial charge in [0.2, 0.25) is 0 Å². The molecule has 2 aliphatic rings. The van der Waals surface area contributed by atoms with Crippen molar-refractivity contribution < 1.29 is 17.9 Å². The summed E-state index contributed by atoms with van der Waals surface area (Å²) in [6, 6.07) is 6.05. The lowest BCUT2D eigenvalue weighted by atomic mass is 9.84. The Hall–Kier alpha value is -2.19. The standard InChI is InChI=1S/C20H23F3N4O/c21-20(22,23)18-19(24)26-11-17(27-18)13-3-4-14(12-5-8-28-9-6-12)15(10-13)16-2-1-7-25-16/h3-4,10-12,16,25H,1-2,5-9H2,(H2,24,26)/t16-/m0/s1. The molecule has 28 heavy (non-hydrogen) atoms. The second kappa shape index (κ2) is 7.67. The largest absolute Gasteiger partial charge is 0.437 e. The van der Waals surface area contributed by atoms with Crippen LogP contribution in [-0.2, 0) is 10.9 Å². The summed E-state index contributed by atoms with van der Waals surface area (Å²) >= 11 is 0. The molecule has 2 fully saturated rings. The highest BCUT2D eigenvalue weighted by Gasteiger charge is 2.36. The zero-order valence-electron chi connectivity index (χ0n) is 15.4. The van der Waals surface area contributed by atoms with Crippen LogP contribution < -0.4 is 11.1 Å². The molecule has 1 aromatic carbocycles. The highest BCUT2D eigenvalue weighted by atomic mass is 19.4. The van der Waals surface area contributed by atoms with Crippen LogP contribution >= 0.6 is 0 Å². The van der Waals surface area contributed by atoms with Gasteiger partial charge in [-0.2, -0.15) is 13.2 Å². The van der Waals surface area contributed by atoms with E-state index in [1.807, 2.05) is 18.2 Å². The fourth-order valence-corrected chi connectivity index (χ4v) is 4.11. The van der Waals surface area contributed by atoms with E-state index in [1.54, 1.807) is 0 Å². The fourth-order valence-electron chi connectivity index (χ4n) is 4.11. The molecule has 0 bridgehead atoms. The highest BCUT2D eigenvalue weighted by molar-refractivity contribution is 5.62. The number of alkyl halides is 3. The van der Waals surface area contributed by atoms with Gasteiger partial charge in [0, 0.05) is 24.8 Å². The van der Waals surface area contributed by atoms with Crippen LogP contribution in [0.1, 0.15) is 54.5 Å². The van der Waals surface area contributed by atoms with Gasteiger partial charge >= 0.3 is 6.18 Å². The monoisotopic (exact) mass is 392 g/mol. The van der Waals surface area contributed by atoms with Gasteiger partial charge in [-0.25, -0.2) is 9.97 Å². The summed E-state index contributed by atoms with van der Waals surface area (Å²) in [6.07, 6.45) is 0.686. The van der Waals surface area contributed by atoms with Crippen molar-refractivity contribution in [2.24, 2.45) is 0 Å². The Labute approximate surface area is 161 Å². The summed E-state index contributed by atoms with van der Waals surface area (Å²) in [7, 11) is 0. The third-order valence-corrected chi connectivity index (χ3v) is 5.55. The van der Waals surface area contributed by atoms with E-state index in [1.165, 1.54) is 11.8 Å². The van der Waals surface area contributed by atoms with E-state index < -0.39 is 17.7 Å². The van der Waals surface area contributed by atoms with Gasteiger partial charge in [0.15, 0.2) is 11.5 Å². The molecule has 4 rings (SSSR count). The number of nitrogens with two attached hydrogens (primary N) is 1. The van der Waals surface area contributed by atoms with E-state index in [0.717, 1.165) is 51.0 Å². The fraction of sp³-hybridized carbons (Fsp3) is 0.500. The normalized spacial score (nSPS) is 21.2. The number of rotatable bonds is 3. The number of halogens is 3. The van der Waals surface area contributed by atoms with Crippen molar-refractivity contribution in [2.45, 2.75) is 43.8 Å². The van der Waals surface area contributed by atoms with Crippen LogP contribution in [0.4, 0.5) is 19.0 Å². The first-order valence-electron chi connectivity index (χ1n) is 9.58. The third kappa shape index (κ3) is 3.84. The van der Waals surface area contributed by atoms with Crippen molar-refractivity contribution in [3.05, 3.63) is 41.2 Å². The van der Waals surface area contributed by atoms with Gasteiger partial charge in [-0.05, 0) is 55.3 Å². The molecule has 0 aliphatic carbocycles. The lowest BCUT2D eigenvalue weighted by molar-refractivity contribution is -0.140. The molecular weight excluding hydrogens is 369 g/mol. The number of anilines is 1. The molecule has 0 unspecified atom stereocenters. The second-order valence-electron chi connectivity index (χ2n) is 7.37. The van der Waals surface area contributed by atoms with Crippen LogP contribution in [0.15, 0.2) is 24.4 Å². The summed E-state index contributed by atoms with van der Waals surface area (Å²) < 4.78 is 45.0. The minimum absolute atomic E-state index is 0.180. The quantitative estimate of drug-likeness (QED) is 0.824. The molecule has 1 atom stereocenters. The third-order valence-electron chi connectivity index (χ3n) is 5.55. The van der Waals surface area contributed by atoms with Crippen LogP contribution in [0.25, 0.3) is 11.3 Å². The molecule has 3 heterocycles. The van der Waals surface area contributed by atoms with Crippen molar-refractivity contribution in [2.75, 3.05) is 25.5 Å². The lowest BCUT2D eigenvalue weighted by Gasteiger charge is -2.27. The van der Waals surface area contributed by atoms with E-state index in [0.29, 0.717) is 11.5 Å². The lowest BCUT2D eigenvalue weighted by Crippen LogP contribution is -2.20. The predicted octanol–water partition coefficient (Wildman–Crippen LogP) is 4.06.